The van der Waals surface area contributed by atoms with Crippen molar-refractivity contribution in [2.75, 3.05) is 15.5 Å². The standard InChI is InChI=1S/C27H23Cl2N3O3/c1-14-11-15(2)23(16(3)12-14)31-25(33)18-7-5-8-19(13-18)30-24-22(29)26(34)32(27(24)35)21-10-6-9-20(28)17(21)4/h5-13,30H,1-4H3,(H,31,33). The van der Waals surface area contributed by atoms with Gasteiger partial charge in [-0.3, -0.25) is 14.4 Å². The second-order valence-electron chi connectivity index (χ2n) is 8.45. The third kappa shape index (κ3) is 4.67. The largest absolute Gasteiger partial charge is 0.350 e. The number of carbonyl (C=O) groups is 3. The third-order valence-electron chi connectivity index (χ3n) is 5.82. The fourth-order valence-corrected chi connectivity index (χ4v) is 4.50. The molecule has 1 heterocycles. The van der Waals surface area contributed by atoms with Gasteiger partial charge in [-0.25, -0.2) is 4.90 Å². The smallest absolute Gasteiger partial charge is 0.283 e. The molecule has 0 saturated heterocycles. The Morgan fingerprint density at radius 2 is 1.51 bits per heavy atom. The first kappa shape index (κ1) is 24.5. The molecule has 3 amide bonds. The van der Waals surface area contributed by atoms with Crippen LogP contribution in [-0.2, 0) is 9.59 Å². The first-order valence-corrected chi connectivity index (χ1v) is 11.6. The van der Waals surface area contributed by atoms with Gasteiger partial charge in [0.25, 0.3) is 17.7 Å². The molecule has 0 spiro atoms. The Bertz CT molecular complexity index is 1410. The van der Waals surface area contributed by atoms with Crippen LogP contribution in [0.1, 0.15) is 32.6 Å². The molecule has 0 aliphatic carbocycles. The maximum absolute atomic E-state index is 13.1. The molecular formula is C27H23Cl2N3O3. The van der Waals surface area contributed by atoms with E-state index in [0.29, 0.717) is 27.5 Å². The molecule has 3 aromatic rings. The summed E-state index contributed by atoms with van der Waals surface area (Å²) in [6.07, 6.45) is 0. The van der Waals surface area contributed by atoms with E-state index in [-0.39, 0.29) is 16.6 Å². The van der Waals surface area contributed by atoms with E-state index in [1.54, 1.807) is 49.4 Å². The van der Waals surface area contributed by atoms with Crippen LogP contribution in [0.4, 0.5) is 17.1 Å². The Hall–Kier alpha value is -3.61. The zero-order valence-corrected chi connectivity index (χ0v) is 21.1. The summed E-state index contributed by atoms with van der Waals surface area (Å²) in [5, 5.41) is 6.07. The zero-order chi connectivity index (χ0) is 25.4. The summed E-state index contributed by atoms with van der Waals surface area (Å²) in [5.41, 5.74) is 5.50. The van der Waals surface area contributed by atoms with Gasteiger partial charge in [0.05, 0.1) is 5.69 Å². The second kappa shape index (κ2) is 9.56. The van der Waals surface area contributed by atoms with Crippen molar-refractivity contribution in [3.63, 3.8) is 0 Å². The Morgan fingerprint density at radius 1 is 0.857 bits per heavy atom. The number of carbonyl (C=O) groups excluding carboxylic acids is 3. The average Bonchev–Trinajstić information content (AvgIpc) is 3.01. The molecule has 0 radical (unpaired) electrons. The molecule has 0 saturated carbocycles. The topological polar surface area (TPSA) is 78.5 Å². The van der Waals surface area contributed by atoms with Gasteiger partial charge < -0.3 is 10.6 Å². The number of hydrogen-bond donors (Lipinski definition) is 2. The average molecular weight is 508 g/mol. The lowest BCUT2D eigenvalue weighted by molar-refractivity contribution is -0.120. The minimum absolute atomic E-state index is 0.0705. The fourth-order valence-electron chi connectivity index (χ4n) is 4.11. The number of anilines is 3. The monoisotopic (exact) mass is 507 g/mol. The Kier molecular flexibility index (Phi) is 6.70. The van der Waals surface area contributed by atoms with E-state index < -0.39 is 11.8 Å². The van der Waals surface area contributed by atoms with Crippen LogP contribution in [0.5, 0.6) is 0 Å². The molecule has 178 valence electrons. The molecule has 4 rings (SSSR count). The molecule has 0 aromatic heterocycles. The van der Waals surface area contributed by atoms with Crippen LogP contribution in [-0.4, -0.2) is 17.7 Å². The molecule has 8 heteroatoms. The van der Waals surface area contributed by atoms with E-state index in [9.17, 15) is 14.4 Å². The number of benzene rings is 3. The molecule has 1 aliphatic rings. The quantitative estimate of drug-likeness (QED) is 0.399. The van der Waals surface area contributed by atoms with Crippen molar-refractivity contribution in [3.8, 4) is 0 Å². The lowest BCUT2D eigenvalue weighted by atomic mass is 10.0. The molecule has 2 N–H and O–H groups in total. The SMILES string of the molecule is Cc1cc(C)c(NC(=O)c2cccc(NC3=C(Cl)C(=O)N(c4cccc(Cl)c4C)C3=O)c2)c(C)c1. The van der Waals surface area contributed by atoms with Crippen molar-refractivity contribution in [3.05, 3.63) is 98.2 Å². The van der Waals surface area contributed by atoms with E-state index in [1.165, 1.54) is 0 Å². The summed E-state index contributed by atoms with van der Waals surface area (Å²) in [4.78, 5) is 39.9. The van der Waals surface area contributed by atoms with Crippen molar-refractivity contribution >= 4 is 58.0 Å². The van der Waals surface area contributed by atoms with Crippen LogP contribution in [0, 0.1) is 27.7 Å². The minimum atomic E-state index is -0.649. The highest BCUT2D eigenvalue weighted by molar-refractivity contribution is 6.53. The number of amides is 3. The molecule has 6 nitrogen and oxygen atoms in total. The number of hydrogen-bond acceptors (Lipinski definition) is 4. The lowest BCUT2D eigenvalue weighted by Crippen LogP contribution is -2.32. The van der Waals surface area contributed by atoms with Gasteiger partial charge >= 0.3 is 0 Å². The van der Waals surface area contributed by atoms with Gasteiger partial charge in [0.15, 0.2) is 0 Å². The highest BCUT2D eigenvalue weighted by Gasteiger charge is 2.39. The van der Waals surface area contributed by atoms with E-state index in [2.05, 4.69) is 10.6 Å². The van der Waals surface area contributed by atoms with Gasteiger partial charge in [0.2, 0.25) is 0 Å². The number of imide groups is 1. The van der Waals surface area contributed by atoms with Gasteiger partial charge in [-0.1, -0.05) is 53.0 Å². The predicted octanol–water partition coefficient (Wildman–Crippen LogP) is 6.26. The summed E-state index contributed by atoms with van der Waals surface area (Å²) in [6, 6.07) is 15.6. The van der Waals surface area contributed by atoms with Crippen LogP contribution < -0.4 is 15.5 Å². The predicted molar refractivity (Wildman–Crippen MR) is 140 cm³/mol. The van der Waals surface area contributed by atoms with Gasteiger partial charge in [-0.05, 0) is 74.7 Å². The van der Waals surface area contributed by atoms with Gasteiger partial charge in [-0.15, -0.1) is 0 Å². The van der Waals surface area contributed by atoms with E-state index in [4.69, 9.17) is 23.2 Å². The first-order chi connectivity index (χ1) is 16.6. The zero-order valence-electron chi connectivity index (χ0n) is 19.6. The molecule has 0 unspecified atom stereocenters. The highest BCUT2D eigenvalue weighted by Crippen LogP contribution is 2.34. The molecule has 1 aliphatic heterocycles. The maximum atomic E-state index is 13.1. The molecule has 0 bridgehead atoms. The van der Waals surface area contributed by atoms with Crippen molar-refractivity contribution in [1.82, 2.24) is 0 Å². The maximum Gasteiger partial charge on any atom is 0.283 e. The molecule has 0 atom stereocenters. The molecule has 3 aromatic carbocycles. The summed E-state index contributed by atoms with van der Waals surface area (Å²) < 4.78 is 0. The van der Waals surface area contributed by atoms with Crippen molar-refractivity contribution in [2.45, 2.75) is 27.7 Å². The highest BCUT2D eigenvalue weighted by atomic mass is 35.5. The lowest BCUT2D eigenvalue weighted by Gasteiger charge is -2.18. The first-order valence-electron chi connectivity index (χ1n) is 10.9. The molecule has 35 heavy (non-hydrogen) atoms. The van der Waals surface area contributed by atoms with Gasteiger partial charge in [0.1, 0.15) is 10.7 Å². The van der Waals surface area contributed by atoms with Gasteiger partial charge in [0, 0.05) is 22.0 Å². The van der Waals surface area contributed by atoms with E-state index in [1.807, 2.05) is 32.9 Å². The van der Waals surface area contributed by atoms with Crippen molar-refractivity contribution in [2.24, 2.45) is 0 Å². The number of nitrogens with zero attached hydrogens (tertiary/aromatic N) is 1. The third-order valence-corrected chi connectivity index (χ3v) is 6.58. The second-order valence-corrected chi connectivity index (χ2v) is 9.24. The summed E-state index contributed by atoms with van der Waals surface area (Å²) in [7, 11) is 0. The Labute approximate surface area is 213 Å². The Balaban J connectivity index is 1.58. The summed E-state index contributed by atoms with van der Waals surface area (Å²) in [5.74, 6) is -1.55. The van der Waals surface area contributed by atoms with Gasteiger partial charge in [-0.2, -0.15) is 0 Å². The molecular weight excluding hydrogens is 485 g/mol. The molecule has 0 fully saturated rings. The van der Waals surface area contributed by atoms with Crippen LogP contribution in [0.2, 0.25) is 5.02 Å². The van der Waals surface area contributed by atoms with E-state index >= 15 is 0 Å². The summed E-state index contributed by atoms with van der Waals surface area (Å²) >= 11 is 12.4. The summed E-state index contributed by atoms with van der Waals surface area (Å²) in [6.45, 7) is 7.61. The number of halogens is 2. The van der Waals surface area contributed by atoms with Crippen LogP contribution in [0.3, 0.4) is 0 Å². The van der Waals surface area contributed by atoms with Crippen molar-refractivity contribution in [1.29, 1.82) is 0 Å². The number of aryl methyl sites for hydroxylation is 3. The number of rotatable bonds is 5. The van der Waals surface area contributed by atoms with E-state index in [0.717, 1.165) is 27.3 Å². The Morgan fingerprint density at radius 3 is 2.20 bits per heavy atom. The number of nitrogens with one attached hydrogen (secondary N) is 2. The van der Waals surface area contributed by atoms with Crippen molar-refractivity contribution < 1.29 is 14.4 Å². The van der Waals surface area contributed by atoms with Crippen LogP contribution in [0.15, 0.2) is 65.3 Å². The normalized spacial score (nSPS) is 13.5. The minimum Gasteiger partial charge on any atom is -0.350 e. The fraction of sp³-hybridized carbons (Fsp3) is 0.148. The van der Waals surface area contributed by atoms with Crippen LogP contribution in [0.25, 0.3) is 0 Å². The van der Waals surface area contributed by atoms with Crippen LogP contribution >= 0.6 is 23.2 Å².